The number of nitro benzene ring substituents is 1. The number of amides is 1. The maximum absolute atomic E-state index is 12.1. The Bertz CT molecular complexity index is 629. The lowest BCUT2D eigenvalue weighted by Crippen LogP contribution is -2.13. The van der Waals surface area contributed by atoms with Crippen LogP contribution in [0.15, 0.2) is 48.5 Å². The van der Waals surface area contributed by atoms with E-state index in [1.807, 2.05) is 28.7 Å². The van der Waals surface area contributed by atoms with Crippen molar-refractivity contribution in [2.75, 3.05) is 5.32 Å². The monoisotopic (exact) mass is 368 g/mol. The Labute approximate surface area is 122 Å². The summed E-state index contributed by atoms with van der Waals surface area (Å²) in [6.45, 7) is 0. The maximum Gasteiger partial charge on any atom is 0.270 e. The number of para-hydroxylation sites is 1. The van der Waals surface area contributed by atoms with E-state index in [1.54, 1.807) is 30.3 Å². The summed E-state index contributed by atoms with van der Waals surface area (Å²) in [5.41, 5.74) is 0.840. The zero-order chi connectivity index (χ0) is 13.8. The highest BCUT2D eigenvalue weighted by Crippen LogP contribution is 2.20. The summed E-state index contributed by atoms with van der Waals surface area (Å²) < 4.78 is 0.664. The number of benzene rings is 2. The number of nitrogens with zero attached hydrogens (tertiary/aromatic N) is 1. The molecule has 0 saturated heterocycles. The molecule has 2 aromatic carbocycles. The second-order valence-electron chi connectivity index (χ2n) is 3.74. The molecule has 0 aliphatic carbocycles. The molecule has 0 saturated carbocycles. The first-order chi connectivity index (χ1) is 9.08. The van der Waals surface area contributed by atoms with Crippen molar-refractivity contribution in [2.45, 2.75) is 0 Å². The number of carbonyl (C=O) groups excluding carboxylic acids is 1. The van der Waals surface area contributed by atoms with E-state index in [9.17, 15) is 14.9 Å². The lowest BCUT2D eigenvalue weighted by molar-refractivity contribution is -0.384. The molecule has 0 aliphatic rings. The van der Waals surface area contributed by atoms with E-state index in [2.05, 4.69) is 5.32 Å². The molecule has 0 bridgehead atoms. The number of hydrogen-bond acceptors (Lipinski definition) is 3. The van der Waals surface area contributed by atoms with Crippen molar-refractivity contribution in [3.63, 3.8) is 0 Å². The minimum atomic E-state index is -0.518. The smallest absolute Gasteiger partial charge is 0.270 e. The Morgan fingerprint density at radius 1 is 1.16 bits per heavy atom. The number of nitrogens with one attached hydrogen (secondary N) is 1. The fourth-order valence-electron chi connectivity index (χ4n) is 1.52. The zero-order valence-electron chi connectivity index (χ0n) is 9.67. The minimum Gasteiger partial charge on any atom is -0.322 e. The molecule has 0 heterocycles. The molecule has 0 radical (unpaired) electrons. The number of anilines is 1. The van der Waals surface area contributed by atoms with Gasteiger partial charge in [-0.3, -0.25) is 14.9 Å². The van der Waals surface area contributed by atoms with Crippen molar-refractivity contribution in [1.82, 2.24) is 0 Å². The molecule has 0 aromatic heterocycles. The average Bonchev–Trinajstić information content (AvgIpc) is 2.40. The maximum atomic E-state index is 12.1. The van der Waals surface area contributed by atoms with Crippen LogP contribution in [0.1, 0.15) is 10.4 Å². The Balaban J connectivity index is 2.28. The van der Waals surface area contributed by atoms with Gasteiger partial charge in [0.1, 0.15) is 0 Å². The van der Waals surface area contributed by atoms with Crippen molar-refractivity contribution in [1.29, 1.82) is 0 Å². The molecule has 6 heteroatoms. The molecule has 0 aliphatic heterocycles. The zero-order valence-corrected chi connectivity index (χ0v) is 11.8. The Morgan fingerprint density at radius 3 is 2.47 bits per heavy atom. The number of nitro groups is 1. The molecule has 96 valence electrons. The first kappa shape index (κ1) is 13.5. The summed E-state index contributed by atoms with van der Waals surface area (Å²) >= 11 is 1.97. The van der Waals surface area contributed by atoms with Crippen molar-refractivity contribution in [3.8, 4) is 0 Å². The molecule has 0 atom stereocenters. The van der Waals surface area contributed by atoms with Gasteiger partial charge in [-0.15, -0.1) is 0 Å². The average molecular weight is 368 g/mol. The number of rotatable bonds is 3. The standard InChI is InChI=1S/C13H9IN2O3/c14-12-7-6-10(16(18)19)8-11(12)13(17)15-9-4-2-1-3-5-9/h1-8H,(H,15,17). The lowest BCUT2D eigenvalue weighted by atomic mass is 10.2. The molecule has 0 fully saturated rings. The highest BCUT2D eigenvalue weighted by atomic mass is 127. The van der Waals surface area contributed by atoms with Crippen molar-refractivity contribution < 1.29 is 9.72 Å². The first-order valence-electron chi connectivity index (χ1n) is 5.38. The molecule has 1 amide bonds. The van der Waals surface area contributed by atoms with E-state index in [-0.39, 0.29) is 11.6 Å². The minimum absolute atomic E-state index is 0.0985. The summed E-state index contributed by atoms with van der Waals surface area (Å²) in [5.74, 6) is -0.362. The van der Waals surface area contributed by atoms with E-state index in [0.29, 0.717) is 14.8 Å². The third kappa shape index (κ3) is 3.28. The molecule has 5 nitrogen and oxygen atoms in total. The summed E-state index contributed by atoms with van der Waals surface area (Å²) in [6, 6.07) is 13.2. The van der Waals surface area contributed by atoms with Gasteiger partial charge >= 0.3 is 0 Å². The molecule has 0 unspecified atom stereocenters. The second kappa shape index (κ2) is 5.79. The van der Waals surface area contributed by atoms with Gasteiger partial charge in [-0.25, -0.2) is 0 Å². The van der Waals surface area contributed by atoms with E-state index in [1.165, 1.54) is 12.1 Å². The van der Waals surface area contributed by atoms with Crippen LogP contribution in [0.25, 0.3) is 0 Å². The van der Waals surface area contributed by atoms with Gasteiger partial charge in [0.2, 0.25) is 0 Å². The molecule has 19 heavy (non-hydrogen) atoms. The van der Waals surface area contributed by atoms with Gasteiger partial charge in [-0.1, -0.05) is 18.2 Å². The predicted molar refractivity (Wildman–Crippen MR) is 80.2 cm³/mol. The van der Waals surface area contributed by atoms with Crippen LogP contribution in [-0.2, 0) is 0 Å². The van der Waals surface area contributed by atoms with Gasteiger partial charge in [0, 0.05) is 21.4 Å². The largest absolute Gasteiger partial charge is 0.322 e. The van der Waals surface area contributed by atoms with Crippen LogP contribution in [-0.4, -0.2) is 10.8 Å². The number of carbonyl (C=O) groups is 1. The number of halogens is 1. The fraction of sp³-hybridized carbons (Fsp3) is 0. The quantitative estimate of drug-likeness (QED) is 0.513. The van der Waals surface area contributed by atoms with Crippen molar-refractivity contribution in [2.24, 2.45) is 0 Å². The van der Waals surface area contributed by atoms with Gasteiger partial charge in [0.05, 0.1) is 10.5 Å². The Morgan fingerprint density at radius 2 is 1.84 bits per heavy atom. The van der Waals surface area contributed by atoms with Crippen LogP contribution in [0.4, 0.5) is 11.4 Å². The number of hydrogen-bond donors (Lipinski definition) is 1. The lowest BCUT2D eigenvalue weighted by Gasteiger charge is -2.06. The molecular formula is C13H9IN2O3. The third-order valence-corrected chi connectivity index (χ3v) is 3.38. The normalized spacial score (nSPS) is 9.95. The Hall–Kier alpha value is -1.96. The summed E-state index contributed by atoms with van der Waals surface area (Å²) in [6.07, 6.45) is 0. The van der Waals surface area contributed by atoms with Gasteiger partial charge < -0.3 is 5.32 Å². The van der Waals surface area contributed by atoms with Crippen LogP contribution >= 0.6 is 22.6 Å². The van der Waals surface area contributed by atoms with Crippen LogP contribution in [0.2, 0.25) is 0 Å². The molecule has 2 aromatic rings. The second-order valence-corrected chi connectivity index (χ2v) is 4.90. The van der Waals surface area contributed by atoms with E-state index in [4.69, 9.17) is 0 Å². The topological polar surface area (TPSA) is 72.2 Å². The van der Waals surface area contributed by atoms with Gasteiger partial charge in [-0.2, -0.15) is 0 Å². The van der Waals surface area contributed by atoms with E-state index in [0.717, 1.165) is 0 Å². The Kier molecular flexibility index (Phi) is 4.10. The van der Waals surface area contributed by atoms with Gasteiger partial charge in [-0.05, 0) is 40.8 Å². The predicted octanol–water partition coefficient (Wildman–Crippen LogP) is 3.45. The van der Waals surface area contributed by atoms with Crippen LogP contribution in [0.3, 0.4) is 0 Å². The molecule has 2 rings (SSSR count). The first-order valence-corrected chi connectivity index (χ1v) is 6.46. The summed E-state index contributed by atoms with van der Waals surface area (Å²) in [4.78, 5) is 22.3. The van der Waals surface area contributed by atoms with Crippen molar-refractivity contribution >= 4 is 39.9 Å². The van der Waals surface area contributed by atoms with Gasteiger partial charge in [0.15, 0.2) is 0 Å². The highest BCUT2D eigenvalue weighted by molar-refractivity contribution is 14.1. The fourth-order valence-corrected chi connectivity index (χ4v) is 2.10. The molecule has 0 spiro atoms. The molecular weight excluding hydrogens is 359 g/mol. The van der Waals surface area contributed by atoms with Crippen LogP contribution < -0.4 is 5.32 Å². The van der Waals surface area contributed by atoms with Crippen molar-refractivity contribution in [3.05, 3.63) is 67.8 Å². The van der Waals surface area contributed by atoms with Crippen LogP contribution in [0, 0.1) is 13.7 Å². The molecule has 1 N–H and O–H groups in total. The summed E-state index contributed by atoms with van der Waals surface area (Å²) in [5, 5.41) is 13.4. The third-order valence-electron chi connectivity index (χ3n) is 2.44. The SMILES string of the molecule is O=C(Nc1ccccc1)c1cc([N+](=O)[O-])ccc1I. The van der Waals surface area contributed by atoms with Gasteiger partial charge in [0.25, 0.3) is 11.6 Å². The van der Waals surface area contributed by atoms with E-state index < -0.39 is 4.92 Å². The van der Waals surface area contributed by atoms with Crippen LogP contribution in [0.5, 0.6) is 0 Å². The number of non-ortho nitro benzene ring substituents is 1. The summed E-state index contributed by atoms with van der Waals surface area (Å²) in [7, 11) is 0. The highest BCUT2D eigenvalue weighted by Gasteiger charge is 2.15. The van der Waals surface area contributed by atoms with E-state index >= 15 is 0 Å².